The Morgan fingerprint density at radius 2 is 1.16 bits per heavy atom. The first-order chi connectivity index (χ1) is 27.8. The predicted octanol–water partition coefficient (Wildman–Crippen LogP) is 9.68. The van der Waals surface area contributed by atoms with E-state index in [4.69, 9.17) is 42.1 Å². The molecule has 0 radical (unpaired) electrons. The van der Waals surface area contributed by atoms with Gasteiger partial charge in [0, 0.05) is 14.3 Å². The Bertz CT molecular complexity index is 1850. The molecule has 2 atom stereocenters. The van der Waals surface area contributed by atoms with Crippen LogP contribution in [0.4, 0.5) is 4.70 Å². The van der Waals surface area contributed by atoms with Crippen LogP contribution in [0, 0.1) is 18.8 Å². The molecule has 13 nitrogen and oxygen atoms in total. The molecular formula is C46H66ClFN2O11. The van der Waals surface area contributed by atoms with Crippen LogP contribution in [-0.2, 0) is 19.2 Å². The summed E-state index contributed by atoms with van der Waals surface area (Å²) in [5.41, 5.74) is 6.51. The van der Waals surface area contributed by atoms with Crippen LogP contribution in [0.3, 0.4) is 0 Å². The number of amides is 1. The third-order valence-electron chi connectivity index (χ3n) is 7.51. The van der Waals surface area contributed by atoms with Gasteiger partial charge in [0.25, 0.3) is 0 Å². The Kier molecular flexibility index (Phi) is 33.1. The second-order valence-electron chi connectivity index (χ2n) is 13.7. The quantitative estimate of drug-likeness (QED) is 0.0370. The largest absolute Gasteiger partial charge is 0.507 e. The Labute approximate surface area is 365 Å². The molecule has 0 heterocycles. The Hall–Kier alpha value is -5.86. The molecule has 0 aliphatic rings. The summed E-state index contributed by atoms with van der Waals surface area (Å²) in [7, 11) is 0. The van der Waals surface area contributed by atoms with Gasteiger partial charge in [-0.3, -0.25) is 14.3 Å². The normalized spacial score (nSPS) is 11.1. The molecule has 3 rings (SSSR count). The number of nitrogens with one attached hydrogen (secondary N) is 1. The first kappa shape index (κ1) is 59.5. The van der Waals surface area contributed by atoms with Crippen LogP contribution in [0.5, 0.6) is 17.2 Å². The molecule has 340 valence electrons. The number of aromatic hydroxyl groups is 1. The topological polar surface area (TPSA) is 220 Å². The average molecular weight is 877 g/mol. The minimum atomic E-state index is -1.18. The van der Waals surface area contributed by atoms with Crippen LogP contribution in [0.25, 0.3) is 0 Å². The van der Waals surface area contributed by atoms with Crippen LogP contribution in [0.1, 0.15) is 115 Å². The molecule has 3 aromatic rings. The summed E-state index contributed by atoms with van der Waals surface area (Å²) in [5, 5.41) is 28.8. The highest BCUT2D eigenvalue weighted by atomic mass is 35.5. The number of carboxylic acids is 2. The molecule has 0 fully saturated rings. The van der Waals surface area contributed by atoms with Gasteiger partial charge in [0.15, 0.2) is 0 Å². The number of aryl methyl sites for hydroxylation is 1. The maximum atomic E-state index is 12.4. The van der Waals surface area contributed by atoms with Crippen molar-refractivity contribution in [3.05, 3.63) is 114 Å². The molecule has 2 unspecified atom stereocenters. The lowest BCUT2D eigenvalue weighted by atomic mass is 10.0. The highest BCUT2D eigenvalue weighted by Crippen LogP contribution is 2.20. The molecule has 0 saturated heterocycles. The van der Waals surface area contributed by atoms with E-state index in [0.29, 0.717) is 30.9 Å². The zero-order valence-corrected chi connectivity index (χ0v) is 36.0. The lowest BCUT2D eigenvalue weighted by Gasteiger charge is -2.19. The minimum absolute atomic E-state index is 0. The molecule has 6 N–H and O–H groups in total. The fraction of sp³-hybridized carbons (Fsp3) is 0.391. The summed E-state index contributed by atoms with van der Waals surface area (Å²) in [5.74, 6) is -2.71. The van der Waals surface area contributed by atoms with E-state index < -0.39 is 30.0 Å². The van der Waals surface area contributed by atoms with Gasteiger partial charge >= 0.3 is 23.9 Å². The van der Waals surface area contributed by atoms with Gasteiger partial charge in [-0.15, -0.1) is 0 Å². The minimum Gasteiger partial charge on any atom is -0.507 e. The third kappa shape index (κ3) is 27.5. The van der Waals surface area contributed by atoms with E-state index in [9.17, 15) is 28.8 Å². The number of nitrogens with two attached hydrogens (primary N) is 1. The highest BCUT2D eigenvalue weighted by Gasteiger charge is 2.25. The zero-order valence-electron chi connectivity index (χ0n) is 35.3. The van der Waals surface area contributed by atoms with Gasteiger partial charge in [0.1, 0.15) is 40.5 Å². The summed E-state index contributed by atoms with van der Waals surface area (Å²) in [6.45, 7) is 13.8. The molecule has 0 bridgehead atoms. The van der Waals surface area contributed by atoms with E-state index in [2.05, 4.69) is 5.32 Å². The van der Waals surface area contributed by atoms with Crippen molar-refractivity contribution >= 4 is 46.6 Å². The Balaban J connectivity index is -0.000000390. The van der Waals surface area contributed by atoms with E-state index in [-0.39, 0.29) is 65.6 Å². The van der Waals surface area contributed by atoms with Gasteiger partial charge in [-0.05, 0) is 91.9 Å². The Morgan fingerprint density at radius 1 is 0.705 bits per heavy atom. The number of carbonyl (C=O) groups excluding carboxylic acids is 4. The van der Waals surface area contributed by atoms with Gasteiger partial charge in [0.2, 0.25) is 11.1 Å². The molecule has 0 spiro atoms. The lowest BCUT2D eigenvalue weighted by molar-refractivity contribution is -0.139. The van der Waals surface area contributed by atoms with Crippen LogP contribution < -0.4 is 20.5 Å². The van der Waals surface area contributed by atoms with Gasteiger partial charge in [-0.2, -0.15) is 0 Å². The third-order valence-corrected chi connectivity index (χ3v) is 7.66. The lowest BCUT2D eigenvalue weighted by Crippen LogP contribution is -2.43. The molecular weight excluding hydrogens is 811 g/mol. The number of halogens is 2. The molecule has 61 heavy (non-hydrogen) atoms. The van der Waals surface area contributed by atoms with E-state index in [1.54, 1.807) is 42.5 Å². The number of carbonyl (C=O) groups is 6. The number of hydrogen-bond donors (Lipinski definition) is 5. The van der Waals surface area contributed by atoms with Crippen molar-refractivity contribution in [2.75, 3.05) is 0 Å². The van der Waals surface area contributed by atoms with Crippen molar-refractivity contribution in [3.8, 4) is 17.2 Å². The fourth-order valence-electron chi connectivity index (χ4n) is 4.66. The van der Waals surface area contributed by atoms with Crippen molar-refractivity contribution in [2.45, 2.75) is 107 Å². The summed E-state index contributed by atoms with van der Waals surface area (Å²) in [6, 6.07) is 17.8. The number of aromatic carboxylic acids is 2. The maximum absolute atomic E-state index is 12.4. The molecule has 0 aliphatic carbocycles. The monoisotopic (exact) mass is 876 g/mol. The number of para-hydroxylation sites is 3. The summed E-state index contributed by atoms with van der Waals surface area (Å²) < 4.78 is 10.5. The maximum Gasteiger partial charge on any atom is 0.339 e. The van der Waals surface area contributed by atoms with Crippen molar-refractivity contribution in [3.63, 3.8) is 0 Å². The number of hydrogen-bond acceptors (Lipinski definition) is 10. The first-order valence-corrected chi connectivity index (χ1v) is 19.6. The number of esters is 2. The van der Waals surface area contributed by atoms with Crippen LogP contribution >= 0.6 is 11.6 Å². The van der Waals surface area contributed by atoms with E-state index in [1.165, 1.54) is 24.3 Å². The average Bonchev–Trinajstić information content (AvgIpc) is 3.16. The van der Waals surface area contributed by atoms with Crippen LogP contribution in [0.2, 0.25) is 0 Å². The van der Waals surface area contributed by atoms with Crippen LogP contribution in [-0.4, -0.2) is 62.4 Å². The number of benzene rings is 3. The molecule has 0 saturated carbocycles. The molecule has 3 aromatic carbocycles. The van der Waals surface area contributed by atoms with Crippen molar-refractivity contribution in [1.82, 2.24) is 5.32 Å². The molecule has 0 aromatic heterocycles. The molecule has 1 amide bonds. The van der Waals surface area contributed by atoms with Crippen molar-refractivity contribution in [2.24, 2.45) is 17.6 Å². The van der Waals surface area contributed by atoms with Gasteiger partial charge in [0.05, 0.1) is 0 Å². The number of phenols is 1. The van der Waals surface area contributed by atoms with Gasteiger partial charge in [-0.1, -0.05) is 116 Å². The smallest absolute Gasteiger partial charge is 0.339 e. The highest BCUT2D eigenvalue weighted by molar-refractivity contribution is 6.63. The van der Waals surface area contributed by atoms with Crippen LogP contribution in [0.15, 0.2) is 97.1 Å². The SMILES string of the molecule is C.CC/C=C\CC(=O)Cl.CC/C=C\CC(=O)NC(CC(C)C)C(=O)Oc1ccccc1C(=O)O.Cc1ccccc1OC(=O)C(N)CC(C)C.F.O=C(O)c1ccccc1O.[HH]. The Morgan fingerprint density at radius 3 is 1.62 bits per heavy atom. The number of rotatable bonds is 17. The molecule has 0 aliphatic heterocycles. The fourth-order valence-corrected chi connectivity index (χ4v) is 4.75. The van der Waals surface area contributed by atoms with Gasteiger partial charge < -0.3 is 35.8 Å². The zero-order chi connectivity index (χ0) is 44.9. The van der Waals surface area contributed by atoms with E-state index >= 15 is 0 Å². The predicted molar refractivity (Wildman–Crippen MR) is 240 cm³/mol. The van der Waals surface area contributed by atoms with E-state index in [1.807, 2.05) is 78.8 Å². The summed E-state index contributed by atoms with van der Waals surface area (Å²) in [4.78, 5) is 67.6. The summed E-state index contributed by atoms with van der Waals surface area (Å²) in [6.07, 6.45) is 10.7. The van der Waals surface area contributed by atoms with Gasteiger partial charge in [-0.25, -0.2) is 19.2 Å². The number of allylic oxidation sites excluding steroid dienone is 3. The second kappa shape index (κ2) is 33.9. The number of carboxylic acid groups (broad SMARTS) is 2. The standard InChI is InChI=1S/C19H25NO5.C13H19NO2.C7H6O3.C6H9ClO.CH4.FH.H2/c1-4-5-6-11-17(21)20-15(12-13(2)3)19(24)25-16-10-8-7-9-14(16)18(22)23;1-9(2)8-11(14)13(15)16-12-7-5-4-6-10(12)3;8-6-4-2-1-3-5(6)7(9)10;1-2-3-4-5-6(7)8;;;/h5-10,13,15H,4,11-12H2,1-3H3,(H,20,21)(H,22,23);4-7,9,11H,8,14H2,1-3H3;1-4,8H,(H,9,10);3-4H,2,5H2,1H3;1H4;2*1H/b6-5-;;;4-3-;;;. The second-order valence-corrected chi connectivity index (χ2v) is 14.2. The molecule has 15 heteroatoms. The number of ether oxygens (including phenoxy) is 2. The first-order valence-electron chi connectivity index (χ1n) is 19.2. The van der Waals surface area contributed by atoms with Crippen molar-refractivity contribution < 1.29 is 59.7 Å². The van der Waals surface area contributed by atoms with Crippen molar-refractivity contribution in [1.29, 1.82) is 0 Å². The summed E-state index contributed by atoms with van der Waals surface area (Å²) >= 11 is 5.02. The van der Waals surface area contributed by atoms with E-state index in [0.717, 1.165) is 18.4 Å².